The van der Waals surface area contributed by atoms with Crippen LogP contribution in [0.25, 0.3) is 0 Å². The normalized spacial score (nSPS) is 17.9. The van der Waals surface area contributed by atoms with Crippen LogP contribution in [0.4, 0.5) is 0 Å². The van der Waals surface area contributed by atoms with Crippen molar-refractivity contribution in [3.8, 4) is 0 Å². The van der Waals surface area contributed by atoms with Crippen molar-refractivity contribution in [2.24, 2.45) is 16.3 Å². The van der Waals surface area contributed by atoms with Gasteiger partial charge in [-0.2, -0.15) is 0 Å². The maximum Gasteiger partial charge on any atom is 0.234 e. The van der Waals surface area contributed by atoms with E-state index in [0.29, 0.717) is 24.4 Å². The number of nitrogens with one attached hydrogen (secondary N) is 1. The molecule has 1 aromatic carbocycles. The fourth-order valence-corrected chi connectivity index (χ4v) is 2.86. The minimum absolute atomic E-state index is 0.00772. The van der Waals surface area contributed by atoms with Crippen LogP contribution >= 0.6 is 11.6 Å². The van der Waals surface area contributed by atoms with Crippen molar-refractivity contribution >= 4 is 23.3 Å². The largest absolute Gasteiger partial charge is 0.409 e. The summed E-state index contributed by atoms with van der Waals surface area (Å²) in [6.45, 7) is 0.332. The number of carbonyl (C=O) groups excluding carboxylic acids is 1. The monoisotopic (exact) mass is 295 g/mol. The van der Waals surface area contributed by atoms with Gasteiger partial charge in [-0.3, -0.25) is 4.79 Å². The molecule has 0 heterocycles. The van der Waals surface area contributed by atoms with Crippen molar-refractivity contribution in [2.75, 3.05) is 0 Å². The molecule has 0 spiro atoms. The van der Waals surface area contributed by atoms with Crippen molar-refractivity contribution in [2.45, 2.75) is 32.2 Å². The fraction of sp³-hybridized carbons (Fsp3) is 0.429. The summed E-state index contributed by atoms with van der Waals surface area (Å²) in [5.41, 5.74) is 5.69. The summed E-state index contributed by atoms with van der Waals surface area (Å²) >= 11 is 6.05. The average molecular weight is 296 g/mol. The molecule has 2 rings (SSSR count). The number of benzene rings is 1. The van der Waals surface area contributed by atoms with Gasteiger partial charge in [0, 0.05) is 11.6 Å². The number of halogens is 1. The first-order valence-electron chi connectivity index (χ1n) is 6.60. The molecule has 1 amide bonds. The van der Waals surface area contributed by atoms with Crippen molar-refractivity contribution in [1.82, 2.24) is 5.32 Å². The Morgan fingerprint density at radius 1 is 1.40 bits per heavy atom. The number of nitrogens with two attached hydrogens (primary N) is 1. The van der Waals surface area contributed by atoms with E-state index < -0.39 is 5.41 Å². The van der Waals surface area contributed by atoms with E-state index in [4.69, 9.17) is 22.5 Å². The lowest BCUT2D eigenvalue weighted by atomic mass is 9.83. The summed E-state index contributed by atoms with van der Waals surface area (Å²) in [7, 11) is 0. The molecular formula is C14H18ClN3O2. The second-order valence-electron chi connectivity index (χ2n) is 5.05. The summed E-state index contributed by atoms with van der Waals surface area (Å²) in [6.07, 6.45) is 3.01. The van der Waals surface area contributed by atoms with E-state index in [1.54, 1.807) is 6.07 Å². The van der Waals surface area contributed by atoms with Gasteiger partial charge in [-0.05, 0) is 24.5 Å². The highest BCUT2D eigenvalue weighted by Crippen LogP contribution is 2.38. The van der Waals surface area contributed by atoms with Crippen LogP contribution in [0.2, 0.25) is 5.02 Å². The Labute approximate surface area is 122 Å². The molecule has 1 saturated carbocycles. The van der Waals surface area contributed by atoms with Crippen molar-refractivity contribution in [3.05, 3.63) is 34.9 Å². The molecule has 0 aromatic heterocycles. The van der Waals surface area contributed by atoms with E-state index in [9.17, 15) is 4.79 Å². The van der Waals surface area contributed by atoms with E-state index in [0.717, 1.165) is 18.4 Å². The summed E-state index contributed by atoms with van der Waals surface area (Å²) in [5.74, 6) is -0.211. The predicted octanol–water partition coefficient (Wildman–Crippen LogP) is 2.26. The molecule has 5 nitrogen and oxygen atoms in total. The molecule has 0 atom stereocenters. The van der Waals surface area contributed by atoms with Gasteiger partial charge in [-0.15, -0.1) is 0 Å². The number of hydrogen-bond donors (Lipinski definition) is 3. The highest BCUT2D eigenvalue weighted by Gasteiger charge is 2.45. The molecule has 1 aliphatic carbocycles. The van der Waals surface area contributed by atoms with Gasteiger partial charge in [-0.25, -0.2) is 0 Å². The number of carbonyl (C=O) groups is 1. The van der Waals surface area contributed by atoms with Gasteiger partial charge in [-0.1, -0.05) is 47.8 Å². The quantitative estimate of drug-likeness (QED) is 0.344. The lowest BCUT2D eigenvalue weighted by molar-refractivity contribution is -0.127. The highest BCUT2D eigenvalue weighted by molar-refractivity contribution is 6.31. The van der Waals surface area contributed by atoms with E-state index in [2.05, 4.69) is 10.5 Å². The lowest BCUT2D eigenvalue weighted by Crippen LogP contribution is -2.48. The first-order chi connectivity index (χ1) is 9.60. The van der Waals surface area contributed by atoms with Crippen LogP contribution in [0.3, 0.4) is 0 Å². The number of amidine groups is 1. The maximum atomic E-state index is 12.4. The number of amides is 1. The predicted molar refractivity (Wildman–Crippen MR) is 77.6 cm³/mol. The van der Waals surface area contributed by atoms with Gasteiger partial charge in [0.2, 0.25) is 5.91 Å². The Kier molecular flexibility index (Phi) is 4.49. The van der Waals surface area contributed by atoms with E-state index in [-0.39, 0.29) is 11.7 Å². The molecule has 1 aromatic rings. The lowest BCUT2D eigenvalue weighted by Gasteiger charge is -2.26. The van der Waals surface area contributed by atoms with Crippen molar-refractivity contribution < 1.29 is 10.0 Å². The zero-order valence-electron chi connectivity index (χ0n) is 11.1. The molecule has 20 heavy (non-hydrogen) atoms. The van der Waals surface area contributed by atoms with Crippen LogP contribution in [0.15, 0.2) is 29.4 Å². The molecule has 108 valence electrons. The van der Waals surface area contributed by atoms with Gasteiger partial charge in [0.1, 0.15) is 5.41 Å². The Morgan fingerprint density at radius 2 is 2.05 bits per heavy atom. The molecule has 0 unspecified atom stereocenters. The van der Waals surface area contributed by atoms with E-state index in [1.165, 1.54) is 0 Å². The van der Waals surface area contributed by atoms with Crippen LogP contribution in [0.5, 0.6) is 0 Å². The standard InChI is InChI=1S/C14H18ClN3O2/c15-11-6-2-1-5-10(11)9-17-13(19)14(12(16)18-20)7-3-4-8-14/h1-2,5-6,20H,3-4,7-9H2,(H2,16,18)(H,17,19). The number of hydrogen-bond acceptors (Lipinski definition) is 3. The number of nitrogens with zero attached hydrogens (tertiary/aromatic N) is 1. The summed E-state index contributed by atoms with van der Waals surface area (Å²) < 4.78 is 0. The molecular weight excluding hydrogens is 278 g/mol. The second kappa shape index (κ2) is 6.13. The minimum atomic E-state index is -0.879. The van der Waals surface area contributed by atoms with Gasteiger partial charge < -0.3 is 16.3 Å². The van der Waals surface area contributed by atoms with E-state index in [1.807, 2.05) is 18.2 Å². The fourth-order valence-electron chi connectivity index (χ4n) is 2.66. The van der Waals surface area contributed by atoms with Gasteiger partial charge in [0.05, 0.1) is 0 Å². The molecule has 1 fully saturated rings. The molecule has 0 aliphatic heterocycles. The van der Waals surface area contributed by atoms with Crippen LogP contribution in [0.1, 0.15) is 31.2 Å². The zero-order chi connectivity index (χ0) is 14.6. The van der Waals surface area contributed by atoms with Gasteiger partial charge in [0.15, 0.2) is 5.84 Å². The molecule has 4 N–H and O–H groups in total. The molecule has 0 radical (unpaired) electrons. The number of rotatable bonds is 4. The third-order valence-electron chi connectivity index (χ3n) is 3.89. The third-order valence-corrected chi connectivity index (χ3v) is 4.26. The Balaban J connectivity index is 2.09. The Morgan fingerprint density at radius 3 is 2.65 bits per heavy atom. The zero-order valence-corrected chi connectivity index (χ0v) is 11.9. The molecule has 1 aliphatic rings. The van der Waals surface area contributed by atoms with Crippen LogP contribution in [0, 0.1) is 5.41 Å². The third kappa shape index (κ3) is 2.72. The Bertz CT molecular complexity index is 525. The Hall–Kier alpha value is -1.75. The highest BCUT2D eigenvalue weighted by atomic mass is 35.5. The first-order valence-corrected chi connectivity index (χ1v) is 6.97. The van der Waals surface area contributed by atoms with Crippen molar-refractivity contribution in [3.63, 3.8) is 0 Å². The average Bonchev–Trinajstić information content (AvgIpc) is 2.96. The SMILES string of the molecule is NC(=NO)C1(C(=O)NCc2ccccc2Cl)CCCC1. The van der Waals surface area contributed by atoms with Crippen LogP contribution in [-0.2, 0) is 11.3 Å². The minimum Gasteiger partial charge on any atom is -0.409 e. The summed E-state index contributed by atoms with van der Waals surface area (Å²) in [5, 5.41) is 15.4. The smallest absolute Gasteiger partial charge is 0.234 e. The number of oxime groups is 1. The van der Waals surface area contributed by atoms with Gasteiger partial charge in [0.25, 0.3) is 0 Å². The van der Waals surface area contributed by atoms with E-state index >= 15 is 0 Å². The van der Waals surface area contributed by atoms with Crippen LogP contribution < -0.4 is 11.1 Å². The molecule has 6 heteroatoms. The topological polar surface area (TPSA) is 87.7 Å². The van der Waals surface area contributed by atoms with Crippen molar-refractivity contribution in [1.29, 1.82) is 0 Å². The molecule has 0 bridgehead atoms. The second-order valence-corrected chi connectivity index (χ2v) is 5.46. The first kappa shape index (κ1) is 14.7. The van der Waals surface area contributed by atoms with Crippen LogP contribution in [-0.4, -0.2) is 17.0 Å². The maximum absolute atomic E-state index is 12.4. The summed E-state index contributed by atoms with van der Waals surface area (Å²) in [6, 6.07) is 7.33. The van der Waals surface area contributed by atoms with Gasteiger partial charge >= 0.3 is 0 Å². The summed E-state index contributed by atoms with van der Waals surface area (Å²) in [4.78, 5) is 12.4. The molecule has 0 saturated heterocycles.